The zero-order valence-corrected chi connectivity index (χ0v) is 6.41. The molecule has 2 nitrogen and oxygen atoms in total. The quantitative estimate of drug-likeness (QED) is 0.693. The highest BCUT2D eigenvalue weighted by Gasteiger charge is 2.39. The summed E-state index contributed by atoms with van der Waals surface area (Å²) in [6, 6.07) is 0. The third-order valence-corrected chi connectivity index (χ3v) is 1.47. The minimum Gasteiger partial charge on any atom is -0.282 e. The molecule has 1 aromatic heterocycles. The van der Waals surface area contributed by atoms with Gasteiger partial charge in [0, 0.05) is 5.69 Å². The summed E-state index contributed by atoms with van der Waals surface area (Å²) >= 11 is 0. The molecule has 1 N–H and O–H groups in total. The van der Waals surface area contributed by atoms with Crippen LogP contribution in [0.3, 0.4) is 0 Å². The smallest absolute Gasteiger partial charge is 0.282 e. The normalized spacial score (nSPS) is 12.5. The maximum Gasteiger partial charge on any atom is 0.420 e. The summed E-state index contributed by atoms with van der Waals surface area (Å²) in [6.07, 6.45) is -8.01. The van der Waals surface area contributed by atoms with Crippen molar-refractivity contribution in [3.8, 4) is 0 Å². The first kappa shape index (κ1) is 9.94. The van der Waals surface area contributed by atoms with Gasteiger partial charge in [0.25, 0.3) is 6.43 Å². The molecular formula is C6H5F5N2. The highest BCUT2D eigenvalue weighted by atomic mass is 19.4. The van der Waals surface area contributed by atoms with Gasteiger partial charge < -0.3 is 0 Å². The van der Waals surface area contributed by atoms with Gasteiger partial charge in [-0.3, -0.25) is 5.10 Å². The Kier molecular flexibility index (Phi) is 2.27. The van der Waals surface area contributed by atoms with Gasteiger partial charge in [0.15, 0.2) is 0 Å². The van der Waals surface area contributed by atoms with Crippen LogP contribution in [0.25, 0.3) is 0 Å². The molecule has 0 saturated carbocycles. The second-order valence-electron chi connectivity index (χ2n) is 2.41. The molecule has 0 aromatic carbocycles. The first-order valence-corrected chi connectivity index (χ1v) is 3.24. The predicted octanol–water partition coefficient (Wildman–Crippen LogP) is 2.67. The van der Waals surface area contributed by atoms with Crippen LogP contribution < -0.4 is 0 Å². The van der Waals surface area contributed by atoms with Crippen molar-refractivity contribution in [2.45, 2.75) is 19.5 Å². The topological polar surface area (TPSA) is 28.7 Å². The van der Waals surface area contributed by atoms with Crippen LogP contribution in [0.1, 0.15) is 23.4 Å². The summed E-state index contributed by atoms with van der Waals surface area (Å²) < 4.78 is 60.3. The zero-order valence-electron chi connectivity index (χ0n) is 6.41. The Morgan fingerprint density at radius 3 is 2.15 bits per heavy atom. The van der Waals surface area contributed by atoms with E-state index < -0.39 is 29.6 Å². The second kappa shape index (κ2) is 2.97. The Morgan fingerprint density at radius 1 is 1.31 bits per heavy atom. The van der Waals surface area contributed by atoms with Crippen LogP contribution in [0.2, 0.25) is 0 Å². The SMILES string of the molecule is Cc1[nH]nc(C(F)F)c1C(F)(F)F. The fraction of sp³-hybridized carbons (Fsp3) is 0.500. The maximum absolute atomic E-state index is 12.1. The molecule has 1 rings (SSSR count). The van der Waals surface area contributed by atoms with Gasteiger partial charge in [0.05, 0.1) is 0 Å². The highest BCUT2D eigenvalue weighted by molar-refractivity contribution is 5.28. The average molecular weight is 200 g/mol. The molecule has 1 heterocycles. The van der Waals surface area contributed by atoms with Gasteiger partial charge >= 0.3 is 6.18 Å². The number of halogens is 5. The minimum atomic E-state index is -4.79. The molecule has 0 aliphatic rings. The first-order valence-electron chi connectivity index (χ1n) is 3.24. The molecule has 0 unspecified atom stereocenters. The lowest BCUT2D eigenvalue weighted by atomic mass is 10.2. The summed E-state index contributed by atoms with van der Waals surface area (Å²) in [7, 11) is 0. The fourth-order valence-corrected chi connectivity index (χ4v) is 0.964. The maximum atomic E-state index is 12.1. The predicted molar refractivity (Wildman–Crippen MR) is 33.3 cm³/mol. The molecule has 0 fully saturated rings. The third-order valence-electron chi connectivity index (χ3n) is 1.47. The minimum absolute atomic E-state index is 0.400. The summed E-state index contributed by atoms with van der Waals surface area (Å²) in [4.78, 5) is 0. The van der Waals surface area contributed by atoms with Crippen LogP contribution in [-0.4, -0.2) is 10.2 Å². The monoisotopic (exact) mass is 200 g/mol. The van der Waals surface area contributed by atoms with E-state index in [0.717, 1.165) is 6.92 Å². The van der Waals surface area contributed by atoms with Crippen molar-refractivity contribution >= 4 is 0 Å². The average Bonchev–Trinajstić information content (AvgIpc) is 2.28. The number of alkyl halides is 5. The van der Waals surface area contributed by atoms with E-state index >= 15 is 0 Å². The molecule has 0 saturated heterocycles. The van der Waals surface area contributed by atoms with E-state index in [1.807, 2.05) is 5.10 Å². The van der Waals surface area contributed by atoms with Crippen molar-refractivity contribution in [3.05, 3.63) is 17.0 Å². The van der Waals surface area contributed by atoms with Crippen LogP contribution in [-0.2, 0) is 6.18 Å². The summed E-state index contributed by atoms with van der Waals surface area (Å²) in [5, 5.41) is 4.76. The van der Waals surface area contributed by atoms with Crippen molar-refractivity contribution in [2.24, 2.45) is 0 Å². The van der Waals surface area contributed by atoms with Gasteiger partial charge in [-0.05, 0) is 6.92 Å². The van der Waals surface area contributed by atoms with Crippen molar-refractivity contribution < 1.29 is 22.0 Å². The van der Waals surface area contributed by atoms with Crippen LogP contribution in [0.4, 0.5) is 22.0 Å². The molecule has 7 heteroatoms. The lowest BCUT2D eigenvalue weighted by molar-refractivity contribution is -0.140. The van der Waals surface area contributed by atoms with Gasteiger partial charge in [0.1, 0.15) is 11.3 Å². The Labute approximate surface area is 69.8 Å². The Bertz CT molecular complexity index is 300. The largest absolute Gasteiger partial charge is 0.420 e. The number of H-pyrrole nitrogens is 1. The van der Waals surface area contributed by atoms with Crippen molar-refractivity contribution in [3.63, 3.8) is 0 Å². The third kappa shape index (κ3) is 1.78. The van der Waals surface area contributed by atoms with Gasteiger partial charge in [0.2, 0.25) is 0 Å². The van der Waals surface area contributed by atoms with E-state index in [0.29, 0.717) is 0 Å². The van der Waals surface area contributed by atoms with Crippen LogP contribution >= 0.6 is 0 Å². The van der Waals surface area contributed by atoms with Crippen LogP contribution in [0.15, 0.2) is 0 Å². The molecule has 0 aliphatic heterocycles. The lowest BCUT2D eigenvalue weighted by Crippen LogP contribution is -2.09. The summed E-state index contributed by atoms with van der Waals surface area (Å²) in [5.74, 6) is 0. The van der Waals surface area contributed by atoms with Crippen molar-refractivity contribution in [2.75, 3.05) is 0 Å². The van der Waals surface area contributed by atoms with Crippen molar-refractivity contribution in [1.29, 1.82) is 0 Å². The molecule has 0 atom stereocenters. The second-order valence-corrected chi connectivity index (χ2v) is 2.41. The number of hydrogen-bond acceptors (Lipinski definition) is 1. The summed E-state index contributed by atoms with van der Waals surface area (Å²) in [6.45, 7) is 1.04. The van der Waals surface area contributed by atoms with Crippen molar-refractivity contribution in [1.82, 2.24) is 10.2 Å². The van der Waals surface area contributed by atoms with Gasteiger partial charge in [-0.1, -0.05) is 0 Å². The molecule has 13 heavy (non-hydrogen) atoms. The molecule has 0 spiro atoms. The van der Waals surface area contributed by atoms with E-state index in [1.165, 1.54) is 0 Å². The standard InChI is InChI=1S/C6H5F5N2/c1-2-3(6(9,10)11)4(5(7)8)13-12-2/h5H,1H3,(H,12,13). The number of nitrogens with one attached hydrogen (secondary N) is 1. The first-order chi connectivity index (χ1) is 5.84. The number of aromatic amines is 1. The fourth-order valence-electron chi connectivity index (χ4n) is 0.964. The van der Waals surface area contributed by atoms with Gasteiger partial charge in [-0.25, -0.2) is 8.78 Å². The Hall–Kier alpha value is -1.14. The molecular weight excluding hydrogens is 195 g/mol. The van der Waals surface area contributed by atoms with Gasteiger partial charge in [-0.15, -0.1) is 0 Å². The number of aromatic nitrogens is 2. The van der Waals surface area contributed by atoms with E-state index in [2.05, 4.69) is 5.10 Å². The Balaban J connectivity index is 3.25. The molecule has 74 valence electrons. The van der Waals surface area contributed by atoms with E-state index in [-0.39, 0.29) is 0 Å². The lowest BCUT2D eigenvalue weighted by Gasteiger charge is -2.06. The highest BCUT2D eigenvalue weighted by Crippen LogP contribution is 2.36. The number of aryl methyl sites for hydroxylation is 1. The number of hydrogen-bond donors (Lipinski definition) is 1. The Morgan fingerprint density at radius 2 is 1.85 bits per heavy atom. The van der Waals surface area contributed by atoms with E-state index in [9.17, 15) is 22.0 Å². The van der Waals surface area contributed by atoms with Crippen LogP contribution in [0, 0.1) is 6.92 Å². The van der Waals surface area contributed by atoms with Gasteiger partial charge in [-0.2, -0.15) is 18.3 Å². The van der Waals surface area contributed by atoms with E-state index in [1.54, 1.807) is 0 Å². The van der Waals surface area contributed by atoms with E-state index in [4.69, 9.17) is 0 Å². The molecule has 1 aromatic rings. The summed E-state index contributed by atoms with van der Waals surface area (Å²) in [5.41, 5.74) is -3.02. The molecule has 0 amide bonds. The molecule has 0 bridgehead atoms. The number of rotatable bonds is 1. The molecule has 0 radical (unpaired) electrons. The zero-order chi connectivity index (χ0) is 10.2. The number of nitrogens with zero attached hydrogens (tertiary/aromatic N) is 1. The molecule has 0 aliphatic carbocycles. The van der Waals surface area contributed by atoms with Crippen LogP contribution in [0.5, 0.6) is 0 Å².